The molecular formula is C14H33NO4. The van der Waals surface area contributed by atoms with Gasteiger partial charge >= 0.3 is 0 Å². The summed E-state index contributed by atoms with van der Waals surface area (Å²) in [5.41, 5.74) is 5.21. The predicted molar refractivity (Wildman–Crippen MR) is 80.4 cm³/mol. The van der Waals surface area contributed by atoms with Crippen molar-refractivity contribution in [2.75, 3.05) is 33.0 Å². The van der Waals surface area contributed by atoms with Crippen LogP contribution in [-0.4, -0.2) is 44.5 Å². The zero-order chi connectivity index (χ0) is 15.7. The van der Waals surface area contributed by atoms with Crippen molar-refractivity contribution in [3.8, 4) is 0 Å². The van der Waals surface area contributed by atoms with Crippen molar-refractivity contribution in [3.63, 3.8) is 0 Å². The fraction of sp³-hybridized carbons (Fsp3) is 0.857. The monoisotopic (exact) mass is 279 g/mol. The highest BCUT2D eigenvalue weighted by atomic mass is 16.5. The average Bonchev–Trinajstić information content (AvgIpc) is 2.35. The molecule has 0 spiro atoms. The Morgan fingerprint density at radius 2 is 1.47 bits per heavy atom. The van der Waals surface area contributed by atoms with Crippen LogP contribution < -0.4 is 5.73 Å². The summed E-state index contributed by atoms with van der Waals surface area (Å²) in [4.78, 5) is 20.5. The van der Waals surface area contributed by atoms with Crippen LogP contribution in [-0.2, 0) is 19.1 Å². The summed E-state index contributed by atoms with van der Waals surface area (Å²) in [7, 11) is 0. The molecule has 0 saturated carbocycles. The third-order valence-corrected chi connectivity index (χ3v) is 1.52. The number of nitrogens with two attached hydrogens (primary N) is 1. The summed E-state index contributed by atoms with van der Waals surface area (Å²) < 4.78 is 10.2. The Balaban J connectivity index is -0.000000157. The van der Waals surface area contributed by atoms with Gasteiger partial charge in [-0.05, 0) is 13.8 Å². The second-order valence-electron chi connectivity index (χ2n) is 3.98. The lowest BCUT2D eigenvalue weighted by Crippen LogP contribution is -2.17. The van der Waals surface area contributed by atoms with Crippen molar-refractivity contribution in [2.45, 2.75) is 41.5 Å². The number of hydrogen-bond acceptors (Lipinski definition) is 5. The van der Waals surface area contributed by atoms with Gasteiger partial charge in [0.2, 0.25) is 0 Å². The van der Waals surface area contributed by atoms with E-state index in [1.54, 1.807) is 0 Å². The molecule has 5 nitrogen and oxygen atoms in total. The van der Waals surface area contributed by atoms with E-state index in [4.69, 9.17) is 15.2 Å². The summed E-state index contributed by atoms with van der Waals surface area (Å²) in [6, 6.07) is 0. The molecule has 19 heavy (non-hydrogen) atoms. The molecule has 0 bridgehead atoms. The molecule has 0 aliphatic heterocycles. The van der Waals surface area contributed by atoms with Crippen LogP contribution in [0.25, 0.3) is 0 Å². The third-order valence-electron chi connectivity index (χ3n) is 1.52. The van der Waals surface area contributed by atoms with Crippen LogP contribution in [0.5, 0.6) is 0 Å². The fourth-order valence-corrected chi connectivity index (χ4v) is 0.643. The standard InChI is InChI=1S/C9H19NO3.C3H6O.C2H6.H2/c1-8(2)9(11)7-13-6-5-12-4-3-10;1-3(2)4;1-2;/h8H,3-7,10H2,1-2H3;1-2H3;1-2H3;1H. The first-order chi connectivity index (χ1) is 8.91. The van der Waals surface area contributed by atoms with Crippen molar-refractivity contribution in [1.82, 2.24) is 0 Å². The second-order valence-corrected chi connectivity index (χ2v) is 3.98. The van der Waals surface area contributed by atoms with E-state index in [1.807, 2.05) is 27.7 Å². The third kappa shape index (κ3) is 31.7. The lowest BCUT2D eigenvalue weighted by atomic mass is 10.1. The Morgan fingerprint density at radius 3 is 1.84 bits per heavy atom. The van der Waals surface area contributed by atoms with Gasteiger partial charge in [0.05, 0.1) is 19.8 Å². The number of Topliss-reactive ketones (excluding diaryl/α,β-unsaturated/α-hetero) is 2. The highest BCUT2D eigenvalue weighted by Gasteiger charge is 2.05. The molecule has 5 heteroatoms. The van der Waals surface area contributed by atoms with Crippen LogP contribution in [0.15, 0.2) is 0 Å². The van der Waals surface area contributed by atoms with E-state index >= 15 is 0 Å². The minimum atomic E-state index is 0. The molecule has 0 aromatic heterocycles. The SMILES string of the molecule is CC.CC(C)=O.CC(C)C(=O)COCCOCCN.[HH]. The topological polar surface area (TPSA) is 78.6 Å². The summed E-state index contributed by atoms with van der Waals surface area (Å²) in [6.45, 7) is 13.0. The number of ether oxygens (including phenoxy) is 2. The van der Waals surface area contributed by atoms with Gasteiger partial charge in [-0.15, -0.1) is 0 Å². The van der Waals surface area contributed by atoms with Crippen LogP contribution >= 0.6 is 0 Å². The summed E-state index contributed by atoms with van der Waals surface area (Å²) in [6.07, 6.45) is 0. The summed E-state index contributed by atoms with van der Waals surface area (Å²) in [5, 5.41) is 0. The molecule has 0 atom stereocenters. The van der Waals surface area contributed by atoms with Gasteiger partial charge < -0.3 is 20.0 Å². The Kier molecular flexibility index (Phi) is 24.0. The van der Waals surface area contributed by atoms with Crippen LogP contribution in [0.3, 0.4) is 0 Å². The lowest BCUT2D eigenvalue weighted by molar-refractivity contribution is -0.127. The highest BCUT2D eigenvalue weighted by molar-refractivity contribution is 5.81. The molecule has 0 aliphatic carbocycles. The van der Waals surface area contributed by atoms with E-state index in [-0.39, 0.29) is 25.5 Å². The molecule has 0 unspecified atom stereocenters. The lowest BCUT2D eigenvalue weighted by Gasteiger charge is -2.05. The maximum absolute atomic E-state index is 11.0. The van der Waals surface area contributed by atoms with Crippen molar-refractivity contribution in [3.05, 3.63) is 0 Å². The zero-order valence-electron chi connectivity index (χ0n) is 13.3. The molecule has 0 rings (SSSR count). The molecule has 0 amide bonds. The van der Waals surface area contributed by atoms with Crippen LogP contribution in [0, 0.1) is 5.92 Å². The van der Waals surface area contributed by atoms with Gasteiger partial charge in [-0.2, -0.15) is 0 Å². The van der Waals surface area contributed by atoms with Crippen LogP contribution in [0.2, 0.25) is 0 Å². The van der Waals surface area contributed by atoms with Crippen molar-refractivity contribution < 1.29 is 20.5 Å². The second kappa shape index (κ2) is 19.6. The summed E-state index contributed by atoms with van der Waals surface area (Å²) >= 11 is 0. The first kappa shape index (κ1) is 23.3. The van der Waals surface area contributed by atoms with Crippen LogP contribution in [0.4, 0.5) is 0 Å². The largest absolute Gasteiger partial charge is 0.378 e. The fourth-order valence-electron chi connectivity index (χ4n) is 0.643. The first-order valence-corrected chi connectivity index (χ1v) is 6.77. The molecule has 0 heterocycles. The van der Waals surface area contributed by atoms with Crippen molar-refractivity contribution in [1.29, 1.82) is 0 Å². The normalized spacial score (nSPS) is 9.05. The van der Waals surface area contributed by atoms with Gasteiger partial charge in [0, 0.05) is 13.9 Å². The maximum Gasteiger partial charge on any atom is 0.160 e. The Morgan fingerprint density at radius 1 is 1.05 bits per heavy atom. The van der Waals surface area contributed by atoms with Crippen molar-refractivity contribution in [2.24, 2.45) is 11.7 Å². The predicted octanol–water partition coefficient (Wildman–Crippen LogP) is 2.07. The molecule has 0 aromatic rings. The zero-order valence-corrected chi connectivity index (χ0v) is 13.3. The minimum Gasteiger partial charge on any atom is -0.378 e. The first-order valence-electron chi connectivity index (χ1n) is 6.77. The minimum absolute atomic E-state index is 0. The number of ketones is 2. The molecule has 0 fully saturated rings. The van der Waals surface area contributed by atoms with E-state index in [9.17, 15) is 9.59 Å². The molecule has 0 saturated heterocycles. The molecule has 0 aliphatic rings. The molecule has 0 radical (unpaired) electrons. The maximum atomic E-state index is 11.0. The average molecular weight is 279 g/mol. The van der Waals surface area contributed by atoms with Crippen LogP contribution in [0.1, 0.15) is 43.0 Å². The molecule has 2 N–H and O–H groups in total. The van der Waals surface area contributed by atoms with Gasteiger partial charge in [-0.25, -0.2) is 0 Å². The molecular weight excluding hydrogens is 246 g/mol. The van der Waals surface area contributed by atoms with Crippen molar-refractivity contribution >= 4 is 11.6 Å². The van der Waals surface area contributed by atoms with Gasteiger partial charge in [-0.3, -0.25) is 4.79 Å². The molecule has 0 aromatic carbocycles. The van der Waals surface area contributed by atoms with E-state index in [0.717, 1.165) is 0 Å². The van der Waals surface area contributed by atoms with Gasteiger partial charge in [0.15, 0.2) is 5.78 Å². The number of carbonyl (C=O) groups is 2. The quantitative estimate of drug-likeness (QED) is 0.688. The summed E-state index contributed by atoms with van der Waals surface area (Å²) in [5.74, 6) is 0.337. The molecule has 118 valence electrons. The van der Waals surface area contributed by atoms with E-state index in [0.29, 0.717) is 26.4 Å². The van der Waals surface area contributed by atoms with Gasteiger partial charge in [-0.1, -0.05) is 27.7 Å². The van der Waals surface area contributed by atoms with Gasteiger partial charge in [0.25, 0.3) is 0 Å². The van der Waals surface area contributed by atoms with E-state index in [1.165, 1.54) is 13.8 Å². The number of hydrogen-bond donors (Lipinski definition) is 1. The van der Waals surface area contributed by atoms with Gasteiger partial charge in [0.1, 0.15) is 12.4 Å². The van der Waals surface area contributed by atoms with E-state index in [2.05, 4.69) is 0 Å². The van der Waals surface area contributed by atoms with E-state index < -0.39 is 0 Å². The Hall–Kier alpha value is -0.780. The number of carbonyl (C=O) groups excluding carboxylic acids is 2. The highest BCUT2D eigenvalue weighted by Crippen LogP contribution is 1.94. The number of rotatable bonds is 8. The Labute approximate surface area is 119 Å². The smallest absolute Gasteiger partial charge is 0.160 e. The Bertz CT molecular complexity index is 207.